The van der Waals surface area contributed by atoms with Crippen molar-refractivity contribution in [1.29, 1.82) is 0 Å². The lowest BCUT2D eigenvalue weighted by molar-refractivity contribution is 0.0621. The van der Waals surface area contributed by atoms with Crippen molar-refractivity contribution in [1.82, 2.24) is 19.6 Å². The van der Waals surface area contributed by atoms with Crippen LogP contribution in [0.25, 0.3) is 0 Å². The molecule has 6 nitrogen and oxygen atoms in total. The molecule has 0 bridgehead atoms. The number of carbonyl (C=O) groups excluding carboxylic acids is 1. The van der Waals surface area contributed by atoms with Crippen LogP contribution in [-0.2, 0) is 13.3 Å². The second kappa shape index (κ2) is 10.1. The summed E-state index contributed by atoms with van der Waals surface area (Å²) in [6.07, 6.45) is 1.68. The Balaban J connectivity index is 1.29. The molecule has 0 aliphatic carbocycles. The van der Waals surface area contributed by atoms with Crippen LogP contribution in [0, 0.1) is 5.82 Å². The van der Waals surface area contributed by atoms with Gasteiger partial charge in [-0.2, -0.15) is 5.10 Å². The quantitative estimate of drug-likeness (QED) is 0.482. The zero-order chi connectivity index (χ0) is 22.7. The van der Waals surface area contributed by atoms with E-state index < -0.39 is 0 Å². The van der Waals surface area contributed by atoms with E-state index in [4.69, 9.17) is 39.5 Å². The highest BCUT2D eigenvalue weighted by molar-refractivity contribution is 6.35. The van der Waals surface area contributed by atoms with Crippen LogP contribution in [0.4, 0.5) is 4.39 Å². The highest BCUT2D eigenvalue weighted by atomic mass is 35.5. The largest absolute Gasteiger partial charge is 0.470 e. The maximum Gasteiger partial charge on any atom is 0.274 e. The number of carbonyl (C=O) groups is 1. The summed E-state index contributed by atoms with van der Waals surface area (Å²) < 4.78 is 20.4. The van der Waals surface area contributed by atoms with E-state index in [0.717, 1.165) is 5.56 Å². The summed E-state index contributed by atoms with van der Waals surface area (Å²) in [5.41, 5.74) is 1.22. The zero-order valence-electron chi connectivity index (χ0n) is 17.0. The van der Waals surface area contributed by atoms with Gasteiger partial charge in [0.15, 0.2) is 12.4 Å². The standard InChI is InChI=1S/C22H20Cl3FN4O2/c23-16-2-4-21(19(25)11-16)32-14-30-6-5-20(27-30)22(31)29-9-7-28(8-10-29)13-15-1-3-17(26)12-18(15)24/h1-6,11-12H,7-10,13-14H2. The molecule has 0 N–H and O–H groups in total. The van der Waals surface area contributed by atoms with Crippen molar-refractivity contribution < 1.29 is 13.9 Å². The van der Waals surface area contributed by atoms with Crippen LogP contribution >= 0.6 is 34.8 Å². The number of halogens is 4. The molecule has 0 saturated carbocycles. The van der Waals surface area contributed by atoms with Crippen molar-refractivity contribution >= 4 is 40.7 Å². The van der Waals surface area contributed by atoms with Gasteiger partial charge in [-0.05, 0) is 42.0 Å². The van der Waals surface area contributed by atoms with Crippen molar-refractivity contribution in [2.75, 3.05) is 26.2 Å². The molecule has 1 aliphatic heterocycles. The van der Waals surface area contributed by atoms with E-state index >= 15 is 0 Å². The third-order valence-corrected chi connectivity index (χ3v) is 6.06. The molecule has 2 aromatic carbocycles. The van der Waals surface area contributed by atoms with Gasteiger partial charge in [0.1, 0.15) is 11.6 Å². The van der Waals surface area contributed by atoms with E-state index in [-0.39, 0.29) is 18.5 Å². The molecular formula is C22H20Cl3FN4O2. The SMILES string of the molecule is O=C(c1ccn(COc2ccc(Cl)cc2Cl)n1)N1CCN(Cc2ccc(F)cc2Cl)CC1. The first-order valence-corrected chi connectivity index (χ1v) is 11.1. The average molecular weight is 498 g/mol. The van der Waals surface area contributed by atoms with Gasteiger partial charge in [-0.25, -0.2) is 9.07 Å². The number of amides is 1. The lowest BCUT2D eigenvalue weighted by atomic mass is 10.2. The van der Waals surface area contributed by atoms with Crippen molar-refractivity contribution in [3.63, 3.8) is 0 Å². The van der Waals surface area contributed by atoms with Gasteiger partial charge in [0.2, 0.25) is 0 Å². The first-order chi connectivity index (χ1) is 15.4. The number of hydrogen-bond donors (Lipinski definition) is 0. The molecule has 1 aromatic heterocycles. The molecule has 4 rings (SSSR count). The van der Waals surface area contributed by atoms with Crippen molar-refractivity contribution in [3.8, 4) is 5.75 Å². The van der Waals surface area contributed by atoms with Gasteiger partial charge < -0.3 is 9.64 Å². The molecule has 1 aliphatic rings. The van der Waals surface area contributed by atoms with E-state index in [9.17, 15) is 9.18 Å². The molecule has 1 amide bonds. The highest BCUT2D eigenvalue weighted by Crippen LogP contribution is 2.27. The Labute approximate surface area is 200 Å². The number of piperazine rings is 1. The van der Waals surface area contributed by atoms with Crippen molar-refractivity contribution in [3.05, 3.63) is 80.8 Å². The molecule has 3 aromatic rings. The minimum Gasteiger partial charge on any atom is -0.470 e. The number of hydrogen-bond acceptors (Lipinski definition) is 4. The Kier molecular flexibility index (Phi) is 7.20. The van der Waals surface area contributed by atoms with Crippen LogP contribution in [0.2, 0.25) is 15.1 Å². The molecule has 10 heteroatoms. The van der Waals surface area contributed by atoms with Gasteiger partial charge in [0.05, 0.1) is 5.02 Å². The monoisotopic (exact) mass is 496 g/mol. The number of rotatable bonds is 6. The molecule has 1 fully saturated rings. The molecule has 1 saturated heterocycles. The zero-order valence-corrected chi connectivity index (χ0v) is 19.2. The summed E-state index contributed by atoms with van der Waals surface area (Å²) >= 11 is 18.1. The Bertz CT molecular complexity index is 1120. The van der Waals surface area contributed by atoms with E-state index in [1.54, 1.807) is 41.4 Å². The second-order valence-electron chi connectivity index (χ2n) is 7.39. The van der Waals surface area contributed by atoms with Crippen LogP contribution in [0.1, 0.15) is 16.1 Å². The van der Waals surface area contributed by atoms with E-state index in [2.05, 4.69) is 10.00 Å². The number of ether oxygens (including phenoxy) is 1. The van der Waals surface area contributed by atoms with E-state index in [1.807, 2.05) is 0 Å². The fraction of sp³-hybridized carbons (Fsp3) is 0.273. The molecule has 0 unspecified atom stereocenters. The molecule has 0 spiro atoms. The Morgan fingerprint density at radius 1 is 1.00 bits per heavy atom. The average Bonchev–Trinajstić information content (AvgIpc) is 3.24. The molecular weight excluding hydrogens is 478 g/mol. The number of benzene rings is 2. The predicted octanol–water partition coefficient (Wildman–Crippen LogP) is 4.98. The van der Waals surface area contributed by atoms with Crippen molar-refractivity contribution in [2.45, 2.75) is 13.3 Å². The molecule has 0 radical (unpaired) electrons. The summed E-state index contributed by atoms with van der Waals surface area (Å²) in [5, 5.41) is 5.66. The summed E-state index contributed by atoms with van der Waals surface area (Å²) in [5.74, 6) is -0.000158. The first kappa shape index (κ1) is 22.9. The van der Waals surface area contributed by atoms with Gasteiger partial charge in [-0.3, -0.25) is 9.69 Å². The lowest BCUT2D eigenvalue weighted by Crippen LogP contribution is -2.48. The summed E-state index contributed by atoms with van der Waals surface area (Å²) in [6.45, 7) is 3.25. The Hall–Kier alpha value is -2.32. The number of nitrogens with zero attached hydrogens (tertiary/aromatic N) is 4. The van der Waals surface area contributed by atoms with Crippen LogP contribution in [0.3, 0.4) is 0 Å². The normalized spacial score (nSPS) is 14.6. The number of aromatic nitrogens is 2. The van der Waals surface area contributed by atoms with E-state index in [0.29, 0.717) is 59.2 Å². The van der Waals surface area contributed by atoms with Crippen LogP contribution in [0.5, 0.6) is 5.75 Å². The molecule has 168 valence electrons. The lowest BCUT2D eigenvalue weighted by Gasteiger charge is -2.34. The Morgan fingerprint density at radius 2 is 1.78 bits per heavy atom. The topological polar surface area (TPSA) is 50.6 Å². The maximum absolute atomic E-state index is 13.2. The van der Waals surface area contributed by atoms with Gasteiger partial charge in [-0.1, -0.05) is 40.9 Å². The van der Waals surface area contributed by atoms with E-state index in [1.165, 1.54) is 16.8 Å². The fourth-order valence-electron chi connectivity index (χ4n) is 3.44. The van der Waals surface area contributed by atoms with Crippen molar-refractivity contribution in [2.24, 2.45) is 0 Å². The van der Waals surface area contributed by atoms with Crippen LogP contribution in [-0.4, -0.2) is 51.7 Å². The summed E-state index contributed by atoms with van der Waals surface area (Å²) in [6, 6.07) is 11.0. The molecule has 32 heavy (non-hydrogen) atoms. The third kappa shape index (κ3) is 5.53. The highest BCUT2D eigenvalue weighted by Gasteiger charge is 2.24. The second-order valence-corrected chi connectivity index (χ2v) is 8.64. The minimum absolute atomic E-state index is 0.112. The Morgan fingerprint density at radius 3 is 2.50 bits per heavy atom. The summed E-state index contributed by atoms with van der Waals surface area (Å²) in [4.78, 5) is 16.8. The summed E-state index contributed by atoms with van der Waals surface area (Å²) in [7, 11) is 0. The fourth-order valence-corrected chi connectivity index (χ4v) is 4.13. The third-order valence-electron chi connectivity index (χ3n) is 5.17. The smallest absolute Gasteiger partial charge is 0.274 e. The van der Waals surface area contributed by atoms with Gasteiger partial charge >= 0.3 is 0 Å². The van der Waals surface area contributed by atoms with Gasteiger partial charge in [-0.15, -0.1) is 0 Å². The first-order valence-electron chi connectivity index (χ1n) is 9.96. The van der Waals surface area contributed by atoms with Gasteiger partial charge in [0, 0.05) is 49.0 Å². The molecule has 0 atom stereocenters. The molecule has 2 heterocycles. The maximum atomic E-state index is 13.2. The minimum atomic E-state index is -0.352. The van der Waals surface area contributed by atoms with Gasteiger partial charge in [0.25, 0.3) is 5.91 Å². The van der Waals surface area contributed by atoms with Crippen LogP contribution < -0.4 is 4.74 Å². The van der Waals surface area contributed by atoms with Crippen LogP contribution in [0.15, 0.2) is 48.7 Å². The predicted molar refractivity (Wildman–Crippen MR) is 122 cm³/mol.